The largest absolute Gasteiger partial charge is 0.399 e. The van der Waals surface area contributed by atoms with Crippen molar-refractivity contribution in [2.24, 2.45) is 0 Å². The minimum atomic E-state index is -0.123. The van der Waals surface area contributed by atoms with Crippen LogP contribution in [0.3, 0.4) is 0 Å². The second-order valence-corrected chi connectivity index (χ2v) is 3.83. The molecule has 0 bridgehead atoms. The van der Waals surface area contributed by atoms with E-state index in [0.717, 1.165) is 5.56 Å². The molecule has 0 aliphatic carbocycles. The topological polar surface area (TPSA) is 66.6 Å². The zero-order valence-corrected chi connectivity index (χ0v) is 10.0. The minimum Gasteiger partial charge on any atom is -0.399 e. The fourth-order valence-electron chi connectivity index (χ4n) is 1.54. The zero-order chi connectivity index (χ0) is 12.8. The maximum absolute atomic E-state index is 12.1. The highest BCUT2D eigenvalue weighted by molar-refractivity contribution is 5.95. The Morgan fingerprint density at radius 2 is 2.29 bits per heavy atom. The van der Waals surface area contributed by atoms with Crippen LogP contribution in [0, 0.1) is 6.92 Å². The van der Waals surface area contributed by atoms with Crippen LogP contribution in [0.1, 0.15) is 15.9 Å². The Balaban J connectivity index is 2.92. The number of nitrogens with zero attached hydrogens (tertiary/aromatic N) is 1. The number of rotatable bonds is 5. The first kappa shape index (κ1) is 13.3. The molecule has 1 aromatic rings. The first-order valence-corrected chi connectivity index (χ1v) is 5.47. The number of anilines is 1. The Bertz CT molecular complexity index is 416. The Labute approximate surface area is 101 Å². The molecule has 3 N–H and O–H groups in total. The molecule has 0 saturated heterocycles. The Morgan fingerprint density at radius 3 is 2.82 bits per heavy atom. The predicted molar refractivity (Wildman–Crippen MR) is 68.8 cm³/mol. The van der Waals surface area contributed by atoms with Crippen LogP contribution in [0.4, 0.5) is 5.69 Å². The summed E-state index contributed by atoms with van der Waals surface area (Å²) in [7, 11) is 0. The lowest BCUT2D eigenvalue weighted by Crippen LogP contribution is -2.33. The maximum atomic E-state index is 12.1. The van der Waals surface area contributed by atoms with Gasteiger partial charge in [0.15, 0.2) is 0 Å². The van der Waals surface area contributed by atoms with Crippen molar-refractivity contribution in [2.75, 3.05) is 25.4 Å². The number of aliphatic hydroxyl groups is 1. The third-order valence-electron chi connectivity index (χ3n) is 2.52. The van der Waals surface area contributed by atoms with Gasteiger partial charge < -0.3 is 15.7 Å². The number of carbonyl (C=O) groups is 1. The van der Waals surface area contributed by atoms with Crippen LogP contribution in [0.2, 0.25) is 0 Å². The molecule has 0 unspecified atom stereocenters. The van der Waals surface area contributed by atoms with E-state index in [9.17, 15) is 4.79 Å². The van der Waals surface area contributed by atoms with E-state index in [2.05, 4.69) is 6.58 Å². The molecule has 1 aromatic carbocycles. The molecule has 1 rings (SSSR count). The highest BCUT2D eigenvalue weighted by Gasteiger charge is 2.14. The van der Waals surface area contributed by atoms with Gasteiger partial charge in [0.05, 0.1) is 6.61 Å². The van der Waals surface area contributed by atoms with Gasteiger partial charge in [-0.15, -0.1) is 6.58 Å². The average molecular weight is 234 g/mol. The van der Waals surface area contributed by atoms with E-state index >= 15 is 0 Å². The number of hydrogen-bond donors (Lipinski definition) is 2. The van der Waals surface area contributed by atoms with Gasteiger partial charge in [-0.25, -0.2) is 0 Å². The van der Waals surface area contributed by atoms with Crippen LogP contribution in [-0.2, 0) is 0 Å². The van der Waals surface area contributed by atoms with Gasteiger partial charge in [0, 0.05) is 24.3 Å². The summed E-state index contributed by atoms with van der Waals surface area (Å²) in [5.74, 6) is -0.123. The van der Waals surface area contributed by atoms with Crippen LogP contribution in [0.25, 0.3) is 0 Å². The number of aryl methyl sites for hydroxylation is 1. The molecular formula is C13H18N2O2. The number of nitrogen functional groups attached to an aromatic ring is 1. The summed E-state index contributed by atoms with van der Waals surface area (Å²) in [5, 5.41) is 8.91. The molecule has 0 spiro atoms. The summed E-state index contributed by atoms with van der Waals surface area (Å²) < 4.78 is 0. The van der Waals surface area contributed by atoms with Crippen LogP contribution in [-0.4, -0.2) is 35.6 Å². The van der Waals surface area contributed by atoms with E-state index in [1.54, 1.807) is 24.3 Å². The first-order chi connectivity index (χ1) is 8.10. The molecule has 0 aliphatic heterocycles. The van der Waals surface area contributed by atoms with E-state index in [1.165, 1.54) is 4.90 Å². The van der Waals surface area contributed by atoms with E-state index in [0.29, 0.717) is 24.3 Å². The molecule has 4 heteroatoms. The lowest BCUT2D eigenvalue weighted by Gasteiger charge is -2.20. The quantitative estimate of drug-likeness (QED) is 0.594. The second-order valence-electron chi connectivity index (χ2n) is 3.83. The normalized spacial score (nSPS) is 10.0. The summed E-state index contributed by atoms with van der Waals surface area (Å²) in [5.41, 5.74) is 7.82. The molecule has 0 atom stereocenters. The van der Waals surface area contributed by atoms with Gasteiger partial charge in [-0.2, -0.15) is 0 Å². The molecule has 92 valence electrons. The monoisotopic (exact) mass is 234 g/mol. The molecular weight excluding hydrogens is 216 g/mol. The minimum absolute atomic E-state index is 0.0620. The fourth-order valence-corrected chi connectivity index (χ4v) is 1.54. The molecule has 0 radical (unpaired) electrons. The van der Waals surface area contributed by atoms with Crippen LogP contribution < -0.4 is 5.73 Å². The van der Waals surface area contributed by atoms with Crippen molar-refractivity contribution in [1.82, 2.24) is 4.90 Å². The van der Waals surface area contributed by atoms with Gasteiger partial charge >= 0.3 is 0 Å². The van der Waals surface area contributed by atoms with E-state index in [-0.39, 0.29) is 12.5 Å². The first-order valence-electron chi connectivity index (χ1n) is 5.47. The third kappa shape index (κ3) is 3.32. The molecule has 0 fully saturated rings. The summed E-state index contributed by atoms with van der Waals surface area (Å²) in [4.78, 5) is 13.7. The lowest BCUT2D eigenvalue weighted by molar-refractivity contribution is 0.0743. The molecule has 4 nitrogen and oxygen atoms in total. The fraction of sp³-hybridized carbons (Fsp3) is 0.308. The highest BCUT2D eigenvalue weighted by atomic mass is 16.3. The van der Waals surface area contributed by atoms with Crippen molar-refractivity contribution in [3.63, 3.8) is 0 Å². The van der Waals surface area contributed by atoms with Gasteiger partial charge in [0.1, 0.15) is 0 Å². The summed E-state index contributed by atoms with van der Waals surface area (Å²) in [6.45, 7) is 6.11. The van der Waals surface area contributed by atoms with Crippen molar-refractivity contribution in [3.8, 4) is 0 Å². The molecule has 0 heterocycles. The number of amides is 1. The number of nitrogens with two attached hydrogens (primary N) is 1. The van der Waals surface area contributed by atoms with E-state index in [1.807, 2.05) is 6.92 Å². The van der Waals surface area contributed by atoms with Gasteiger partial charge in [-0.3, -0.25) is 4.79 Å². The number of carbonyl (C=O) groups excluding carboxylic acids is 1. The van der Waals surface area contributed by atoms with Crippen LogP contribution in [0.5, 0.6) is 0 Å². The highest BCUT2D eigenvalue weighted by Crippen LogP contribution is 2.14. The van der Waals surface area contributed by atoms with Gasteiger partial charge in [-0.1, -0.05) is 6.08 Å². The lowest BCUT2D eigenvalue weighted by atomic mass is 10.1. The van der Waals surface area contributed by atoms with Crippen molar-refractivity contribution in [1.29, 1.82) is 0 Å². The second kappa shape index (κ2) is 6.06. The average Bonchev–Trinajstić information content (AvgIpc) is 2.31. The third-order valence-corrected chi connectivity index (χ3v) is 2.52. The number of benzene rings is 1. The number of hydrogen-bond acceptors (Lipinski definition) is 3. The van der Waals surface area contributed by atoms with Crippen molar-refractivity contribution < 1.29 is 9.90 Å². The van der Waals surface area contributed by atoms with E-state index < -0.39 is 0 Å². The Kier molecular flexibility index (Phi) is 4.72. The SMILES string of the molecule is C=CCN(CCO)C(=O)c1ccc(N)c(C)c1. The van der Waals surface area contributed by atoms with Crippen molar-refractivity contribution in [3.05, 3.63) is 42.0 Å². The van der Waals surface area contributed by atoms with E-state index in [4.69, 9.17) is 10.8 Å². The Morgan fingerprint density at radius 1 is 1.59 bits per heavy atom. The standard InChI is InChI=1S/C13H18N2O2/c1-3-6-15(7-8-16)13(17)11-4-5-12(14)10(2)9-11/h3-5,9,16H,1,6-8,14H2,2H3. The predicted octanol–water partition coefficient (Wildman–Crippen LogP) is 1.20. The van der Waals surface area contributed by atoms with Crippen molar-refractivity contribution >= 4 is 11.6 Å². The summed E-state index contributed by atoms with van der Waals surface area (Å²) in [6.07, 6.45) is 1.64. The summed E-state index contributed by atoms with van der Waals surface area (Å²) in [6, 6.07) is 5.16. The molecule has 17 heavy (non-hydrogen) atoms. The zero-order valence-electron chi connectivity index (χ0n) is 10.0. The van der Waals surface area contributed by atoms with Gasteiger partial charge in [0.2, 0.25) is 0 Å². The molecule has 1 amide bonds. The molecule has 0 saturated carbocycles. The molecule has 0 aromatic heterocycles. The van der Waals surface area contributed by atoms with Crippen molar-refractivity contribution in [2.45, 2.75) is 6.92 Å². The smallest absolute Gasteiger partial charge is 0.254 e. The Hall–Kier alpha value is -1.81. The molecule has 0 aliphatic rings. The van der Waals surface area contributed by atoms with Crippen LogP contribution >= 0.6 is 0 Å². The van der Waals surface area contributed by atoms with Crippen LogP contribution in [0.15, 0.2) is 30.9 Å². The number of aliphatic hydroxyl groups excluding tert-OH is 1. The summed E-state index contributed by atoms with van der Waals surface area (Å²) >= 11 is 0. The van der Waals surface area contributed by atoms with Gasteiger partial charge in [0.25, 0.3) is 5.91 Å². The maximum Gasteiger partial charge on any atom is 0.254 e. The van der Waals surface area contributed by atoms with Gasteiger partial charge in [-0.05, 0) is 30.7 Å².